The fraction of sp³-hybridized carbons (Fsp3) is 0.318. The molecule has 0 radical (unpaired) electrons. The Kier molecular flexibility index (Phi) is 6.01. The molecule has 2 aromatic carbocycles. The van der Waals surface area contributed by atoms with Gasteiger partial charge in [-0.15, -0.1) is 0 Å². The molecule has 3 aromatic rings. The summed E-state index contributed by atoms with van der Waals surface area (Å²) in [5.41, 5.74) is 2.49. The number of anilines is 1. The Hall–Kier alpha value is -2.95. The molecule has 0 aliphatic heterocycles. The number of hydrogen-bond donors (Lipinski definition) is 1. The summed E-state index contributed by atoms with van der Waals surface area (Å²) in [6, 6.07) is 15.1. The van der Waals surface area contributed by atoms with Crippen molar-refractivity contribution in [2.75, 3.05) is 5.32 Å². The zero-order valence-corrected chi connectivity index (χ0v) is 15.9. The van der Waals surface area contributed by atoms with Crippen LogP contribution in [0.5, 0.6) is 0 Å². The Balaban J connectivity index is 1.77. The van der Waals surface area contributed by atoms with Gasteiger partial charge < -0.3 is 5.32 Å². The molecule has 0 saturated heterocycles. The standard InChI is InChI=1S/C22H25N3O2/c1-3-5-8-16-11-13-17(14-12-16)23-21(26)15-25-20(4-2)24-19-10-7-6-9-18(19)22(25)27/h6-7,9-14H,3-5,8,15H2,1-2H3,(H,23,26). The van der Waals surface area contributed by atoms with E-state index < -0.39 is 0 Å². The van der Waals surface area contributed by atoms with Crippen LogP contribution in [0, 0.1) is 0 Å². The van der Waals surface area contributed by atoms with Gasteiger partial charge in [-0.25, -0.2) is 4.98 Å². The Labute approximate surface area is 159 Å². The van der Waals surface area contributed by atoms with Crippen LogP contribution in [0.25, 0.3) is 10.9 Å². The van der Waals surface area contributed by atoms with Gasteiger partial charge in [-0.2, -0.15) is 0 Å². The molecule has 0 atom stereocenters. The van der Waals surface area contributed by atoms with Crippen molar-refractivity contribution in [1.29, 1.82) is 0 Å². The molecule has 0 fully saturated rings. The van der Waals surface area contributed by atoms with Crippen molar-refractivity contribution in [1.82, 2.24) is 9.55 Å². The van der Waals surface area contributed by atoms with Crippen LogP contribution in [-0.2, 0) is 24.2 Å². The van der Waals surface area contributed by atoms with Gasteiger partial charge in [-0.1, -0.05) is 44.5 Å². The molecule has 3 rings (SSSR count). The van der Waals surface area contributed by atoms with E-state index in [0.29, 0.717) is 23.1 Å². The molecule has 1 aromatic heterocycles. The quantitative estimate of drug-likeness (QED) is 0.691. The summed E-state index contributed by atoms with van der Waals surface area (Å²) < 4.78 is 1.47. The molecule has 0 bridgehead atoms. The number of rotatable bonds is 7. The number of unbranched alkanes of at least 4 members (excludes halogenated alkanes) is 1. The number of aromatic nitrogens is 2. The molecule has 1 N–H and O–H groups in total. The van der Waals surface area contributed by atoms with Gasteiger partial charge in [0.2, 0.25) is 5.91 Å². The van der Waals surface area contributed by atoms with E-state index >= 15 is 0 Å². The van der Waals surface area contributed by atoms with Crippen LogP contribution >= 0.6 is 0 Å². The molecule has 0 spiro atoms. The van der Waals surface area contributed by atoms with E-state index in [4.69, 9.17) is 0 Å². The number of aryl methyl sites for hydroxylation is 2. The predicted molar refractivity (Wildman–Crippen MR) is 109 cm³/mol. The van der Waals surface area contributed by atoms with E-state index in [1.165, 1.54) is 10.1 Å². The van der Waals surface area contributed by atoms with E-state index in [2.05, 4.69) is 17.2 Å². The average Bonchev–Trinajstić information content (AvgIpc) is 2.69. The number of nitrogens with one attached hydrogen (secondary N) is 1. The molecule has 0 aliphatic rings. The Bertz CT molecular complexity index is 991. The second-order valence-electron chi connectivity index (χ2n) is 6.64. The lowest BCUT2D eigenvalue weighted by Crippen LogP contribution is -2.31. The maximum Gasteiger partial charge on any atom is 0.261 e. The minimum Gasteiger partial charge on any atom is -0.325 e. The summed E-state index contributed by atoms with van der Waals surface area (Å²) >= 11 is 0. The molecular formula is C22H25N3O2. The molecular weight excluding hydrogens is 338 g/mol. The number of benzene rings is 2. The molecule has 0 unspecified atom stereocenters. The van der Waals surface area contributed by atoms with Gasteiger partial charge in [0.15, 0.2) is 0 Å². The SMILES string of the molecule is CCCCc1ccc(NC(=O)Cn2c(CC)nc3ccccc3c2=O)cc1. The molecule has 0 aliphatic carbocycles. The van der Waals surface area contributed by atoms with Gasteiger partial charge >= 0.3 is 0 Å². The fourth-order valence-corrected chi connectivity index (χ4v) is 3.13. The lowest BCUT2D eigenvalue weighted by Gasteiger charge is -2.13. The average molecular weight is 363 g/mol. The van der Waals surface area contributed by atoms with Gasteiger partial charge in [0.25, 0.3) is 5.56 Å². The Morgan fingerprint density at radius 2 is 1.81 bits per heavy atom. The minimum atomic E-state index is -0.231. The molecule has 5 nitrogen and oxygen atoms in total. The predicted octanol–water partition coefficient (Wildman–Crippen LogP) is 3.94. The normalized spacial score (nSPS) is 10.9. The third kappa shape index (κ3) is 4.42. The first kappa shape index (κ1) is 18.8. The lowest BCUT2D eigenvalue weighted by molar-refractivity contribution is -0.116. The van der Waals surface area contributed by atoms with Crippen molar-refractivity contribution in [3.05, 3.63) is 70.3 Å². The number of nitrogens with zero attached hydrogens (tertiary/aromatic N) is 2. The third-order valence-corrected chi connectivity index (χ3v) is 4.62. The second-order valence-corrected chi connectivity index (χ2v) is 6.64. The van der Waals surface area contributed by atoms with Crippen molar-refractivity contribution in [2.24, 2.45) is 0 Å². The van der Waals surface area contributed by atoms with Crippen LogP contribution in [0.1, 0.15) is 38.1 Å². The van der Waals surface area contributed by atoms with Crippen LogP contribution < -0.4 is 10.9 Å². The molecule has 27 heavy (non-hydrogen) atoms. The van der Waals surface area contributed by atoms with E-state index in [9.17, 15) is 9.59 Å². The van der Waals surface area contributed by atoms with Crippen LogP contribution in [0.4, 0.5) is 5.69 Å². The summed E-state index contributed by atoms with van der Waals surface area (Å²) in [6.07, 6.45) is 3.94. The summed E-state index contributed by atoms with van der Waals surface area (Å²) in [4.78, 5) is 29.8. The smallest absolute Gasteiger partial charge is 0.261 e. The van der Waals surface area contributed by atoms with E-state index in [0.717, 1.165) is 24.9 Å². The van der Waals surface area contributed by atoms with Crippen molar-refractivity contribution < 1.29 is 4.79 Å². The number of carbonyl (C=O) groups is 1. The van der Waals surface area contributed by atoms with Crippen molar-refractivity contribution in [3.8, 4) is 0 Å². The van der Waals surface area contributed by atoms with Crippen molar-refractivity contribution >= 4 is 22.5 Å². The topological polar surface area (TPSA) is 64.0 Å². The van der Waals surface area contributed by atoms with E-state index in [1.54, 1.807) is 6.07 Å². The molecule has 1 amide bonds. The lowest BCUT2D eigenvalue weighted by atomic mass is 10.1. The minimum absolute atomic E-state index is 0.0442. The highest BCUT2D eigenvalue weighted by atomic mass is 16.2. The first-order valence-electron chi connectivity index (χ1n) is 9.49. The Morgan fingerprint density at radius 3 is 2.52 bits per heavy atom. The maximum absolute atomic E-state index is 12.8. The van der Waals surface area contributed by atoms with E-state index in [-0.39, 0.29) is 18.0 Å². The van der Waals surface area contributed by atoms with Gasteiger partial charge in [-0.05, 0) is 42.7 Å². The van der Waals surface area contributed by atoms with Crippen LogP contribution in [0.2, 0.25) is 0 Å². The molecule has 1 heterocycles. The molecule has 140 valence electrons. The molecule has 0 saturated carbocycles. The van der Waals surface area contributed by atoms with Gasteiger partial charge in [0.05, 0.1) is 10.9 Å². The number of hydrogen-bond acceptors (Lipinski definition) is 3. The van der Waals surface area contributed by atoms with Crippen molar-refractivity contribution in [2.45, 2.75) is 46.1 Å². The van der Waals surface area contributed by atoms with Gasteiger partial charge in [-0.3, -0.25) is 14.2 Å². The largest absolute Gasteiger partial charge is 0.325 e. The monoisotopic (exact) mass is 363 g/mol. The number of carbonyl (C=O) groups excluding carboxylic acids is 1. The van der Waals surface area contributed by atoms with Crippen LogP contribution in [-0.4, -0.2) is 15.5 Å². The first-order valence-corrected chi connectivity index (χ1v) is 9.49. The summed E-state index contributed by atoms with van der Waals surface area (Å²) in [6.45, 7) is 4.06. The first-order chi connectivity index (χ1) is 13.1. The van der Waals surface area contributed by atoms with Gasteiger partial charge in [0.1, 0.15) is 12.4 Å². The van der Waals surface area contributed by atoms with Crippen molar-refractivity contribution in [3.63, 3.8) is 0 Å². The zero-order chi connectivity index (χ0) is 19.2. The summed E-state index contributed by atoms with van der Waals surface area (Å²) in [7, 11) is 0. The highest BCUT2D eigenvalue weighted by molar-refractivity contribution is 5.90. The Morgan fingerprint density at radius 1 is 1.07 bits per heavy atom. The summed E-state index contributed by atoms with van der Waals surface area (Å²) in [5, 5.41) is 3.40. The fourth-order valence-electron chi connectivity index (χ4n) is 3.13. The zero-order valence-electron chi connectivity index (χ0n) is 15.9. The maximum atomic E-state index is 12.8. The third-order valence-electron chi connectivity index (χ3n) is 4.62. The van der Waals surface area contributed by atoms with Crippen LogP contribution in [0.15, 0.2) is 53.3 Å². The highest BCUT2D eigenvalue weighted by Crippen LogP contribution is 2.13. The second kappa shape index (κ2) is 8.62. The number of amides is 1. The van der Waals surface area contributed by atoms with Gasteiger partial charge in [0, 0.05) is 12.1 Å². The number of para-hydroxylation sites is 1. The molecule has 5 heteroatoms. The highest BCUT2D eigenvalue weighted by Gasteiger charge is 2.13. The van der Waals surface area contributed by atoms with Crippen LogP contribution in [0.3, 0.4) is 0 Å². The summed E-state index contributed by atoms with van der Waals surface area (Å²) in [5.74, 6) is 0.383. The van der Waals surface area contributed by atoms with E-state index in [1.807, 2.05) is 49.4 Å². The number of fused-ring (bicyclic) bond motifs is 1.